The minimum atomic E-state index is -0.504. The highest BCUT2D eigenvalue weighted by atomic mass is 16.5. The van der Waals surface area contributed by atoms with E-state index in [4.69, 9.17) is 14.2 Å². The molecular weight excluding hydrogens is 258 g/mol. The van der Waals surface area contributed by atoms with Crippen LogP contribution in [0.3, 0.4) is 0 Å². The van der Waals surface area contributed by atoms with Crippen LogP contribution in [-0.2, 0) is 15.9 Å². The molecule has 2 N–H and O–H groups in total. The Hall–Kier alpha value is -1.14. The first-order chi connectivity index (χ1) is 9.79. The van der Waals surface area contributed by atoms with Gasteiger partial charge in [0.1, 0.15) is 11.9 Å². The van der Waals surface area contributed by atoms with Gasteiger partial charge in [-0.1, -0.05) is 18.2 Å². The molecule has 0 fully saturated rings. The van der Waals surface area contributed by atoms with E-state index in [1.54, 1.807) is 7.11 Å². The lowest BCUT2D eigenvalue weighted by Gasteiger charge is -2.15. The number of hydrogen-bond donors (Lipinski definition) is 2. The van der Waals surface area contributed by atoms with E-state index in [0.717, 1.165) is 18.7 Å². The fraction of sp³-hybridized carbons (Fsp3) is 0.600. The van der Waals surface area contributed by atoms with Crippen LogP contribution in [0, 0.1) is 0 Å². The highest BCUT2D eigenvalue weighted by molar-refractivity contribution is 5.37. The molecule has 1 heterocycles. The van der Waals surface area contributed by atoms with Gasteiger partial charge in [-0.15, -0.1) is 0 Å². The van der Waals surface area contributed by atoms with Crippen LogP contribution in [0.2, 0.25) is 0 Å². The van der Waals surface area contributed by atoms with Crippen molar-refractivity contribution in [3.05, 3.63) is 29.8 Å². The highest BCUT2D eigenvalue weighted by Gasteiger charge is 2.21. The summed E-state index contributed by atoms with van der Waals surface area (Å²) in [6.45, 7) is 2.61. The minimum absolute atomic E-state index is 0.147. The van der Waals surface area contributed by atoms with E-state index in [1.807, 2.05) is 18.2 Å². The zero-order chi connectivity index (χ0) is 14.2. The Morgan fingerprint density at radius 1 is 1.40 bits per heavy atom. The molecule has 2 atom stereocenters. The van der Waals surface area contributed by atoms with E-state index >= 15 is 0 Å². The number of rotatable bonds is 9. The SMILES string of the molecule is COCCOCC(O)CNCC1Cc2ccccc2O1. The molecule has 0 amide bonds. The van der Waals surface area contributed by atoms with Crippen LogP contribution in [0.15, 0.2) is 24.3 Å². The summed E-state index contributed by atoms with van der Waals surface area (Å²) in [5.74, 6) is 0.975. The molecule has 2 unspecified atom stereocenters. The van der Waals surface area contributed by atoms with Gasteiger partial charge < -0.3 is 24.6 Å². The van der Waals surface area contributed by atoms with Crippen molar-refractivity contribution in [1.82, 2.24) is 5.32 Å². The Labute approximate surface area is 119 Å². The van der Waals surface area contributed by atoms with Gasteiger partial charge in [0.2, 0.25) is 0 Å². The van der Waals surface area contributed by atoms with Gasteiger partial charge in [0, 0.05) is 26.6 Å². The second-order valence-electron chi connectivity index (χ2n) is 4.93. The molecule has 0 radical (unpaired) electrons. The lowest BCUT2D eigenvalue weighted by Crippen LogP contribution is -2.37. The second-order valence-corrected chi connectivity index (χ2v) is 4.93. The summed E-state index contributed by atoms with van der Waals surface area (Å²) in [5.41, 5.74) is 1.25. The molecule has 20 heavy (non-hydrogen) atoms. The molecule has 2 rings (SSSR count). The third-order valence-corrected chi connectivity index (χ3v) is 3.21. The summed E-state index contributed by atoms with van der Waals surface area (Å²) in [7, 11) is 1.63. The average molecular weight is 281 g/mol. The molecule has 5 nitrogen and oxygen atoms in total. The van der Waals surface area contributed by atoms with E-state index in [2.05, 4.69) is 11.4 Å². The maximum atomic E-state index is 9.73. The molecule has 0 bridgehead atoms. The van der Waals surface area contributed by atoms with Gasteiger partial charge in [-0.25, -0.2) is 0 Å². The van der Waals surface area contributed by atoms with Crippen molar-refractivity contribution < 1.29 is 19.3 Å². The fourth-order valence-electron chi connectivity index (χ4n) is 2.20. The summed E-state index contributed by atoms with van der Waals surface area (Å²) < 4.78 is 15.9. The first kappa shape index (κ1) is 15.3. The Kier molecular flexibility index (Phi) is 6.26. The Bertz CT molecular complexity index is 374. The number of benzene rings is 1. The number of aliphatic hydroxyl groups excluding tert-OH is 1. The van der Waals surface area contributed by atoms with Crippen LogP contribution in [0.1, 0.15) is 5.56 Å². The monoisotopic (exact) mass is 281 g/mol. The summed E-state index contributed by atoms with van der Waals surface area (Å²) >= 11 is 0. The third-order valence-electron chi connectivity index (χ3n) is 3.21. The molecule has 5 heteroatoms. The number of ether oxygens (including phenoxy) is 3. The topological polar surface area (TPSA) is 60.0 Å². The Morgan fingerprint density at radius 2 is 2.25 bits per heavy atom. The molecule has 0 aromatic heterocycles. The third kappa shape index (κ3) is 4.76. The number of fused-ring (bicyclic) bond motifs is 1. The molecule has 1 aromatic carbocycles. The molecule has 0 aliphatic carbocycles. The summed E-state index contributed by atoms with van der Waals surface area (Å²) in [4.78, 5) is 0. The lowest BCUT2D eigenvalue weighted by atomic mass is 10.1. The number of hydrogen-bond acceptors (Lipinski definition) is 5. The van der Waals surface area contributed by atoms with Crippen molar-refractivity contribution >= 4 is 0 Å². The molecule has 0 saturated heterocycles. The van der Waals surface area contributed by atoms with Gasteiger partial charge in [-0.2, -0.15) is 0 Å². The van der Waals surface area contributed by atoms with Crippen molar-refractivity contribution in [2.24, 2.45) is 0 Å². The van der Waals surface area contributed by atoms with Gasteiger partial charge in [0.25, 0.3) is 0 Å². The van der Waals surface area contributed by atoms with Gasteiger partial charge in [-0.05, 0) is 11.6 Å². The van der Waals surface area contributed by atoms with E-state index in [9.17, 15) is 5.11 Å². The number of methoxy groups -OCH3 is 1. The molecule has 1 aliphatic heterocycles. The first-order valence-corrected chi connectivity index (χ1v) is 6.99. The minimum Gasteiger partial charge on any atom is -0.488 e. The predicted octanol–water partition coefficient (Wildman–Crippen LogP) is 0.604. The van der Waals surface area contributed by atoms with Gasteiger partial charge in [-0.3, -0.25) is 0 Å². The second kappa shape index (κ2) is 8.21. The van der Waals surface area contributed by atoms with Crippen LogP contribution in [0.4, 0.5) is 0 Å². The molecule has 1 aromatic rings. The molecule has 1 aliphatic rings. The normalized spacial score (nSPS) is 18.6. The van der Waals surface area contributed by atoms with Crippen molar-refractivity contribution in [1.29, 1.82) is 0 Å². The molecular formula is C15H23NO4. The zero-order valence-electron chi connectivity index (χ0n) is 11.9. The molecule has 0 spiro atoms. The average Bonchev–Trinajstić information content (AvgIpc) is 2.86. The van der Waals surface area contributed by atoms with E-state index in [0.29, 0.717) is 26.4 Å². The summed E-state index contributed by atoms with van der Waals surface area (Å²) in [5, 5.41) is 12.9. The lowest BCUT2D eigenvalue weighted by molar-refractivity contribution is 0.0132. The largest absolute Gasteiger partial charge is 0.488 e. The quantitative estimate of drug-likeness (QED) is 0.649. The first-order valence-electron chi connectivity index (χ1n) is 6.99. The standard InChI is InChI=1S/C15H23NO4/c1-18-6-7-19-11-13(17)9-16-10-14-8-12-4-2-3-5-15(12)20-14/h2-5,13-14,16-17H,6-11H2,1H3. The van der Waals surface area contributed by atoms with Crippen molar-refractivity contribution in [3.8, 4) is 5.75 Å². The Morgan fingerprint density at radius 3 is 3.05 bits per heavy atom. The van der Waals surface area contributed by atoms with Crippen LogP contribution in [0.5, 0.6) is 5.75 Å². The van der Waals surface area contributed by atoms with Crippen molar-refractivity contribution in [3.63, 3.8) is 0 Å². The van der Waals surface area contributed by atoms with Crippen LogP contribution in [0.25, 0.3) is 0 Å². The number of aliphatic hydroxyl groups is 1. The van der Waals surface area contributed by atoms with E-state index in [1.165, 1.54) is 5.56 Å². The van der Waals surface area contributed by atoms with Crippen molar-refractivity contribution in [2.75, 3.05) is 40.0 Å². The van der Waals surface area contributed by atoms with Crippen molar-refractivity contribution in [2.45, 2.75) is 18.6 Å². The smallest absolute Gasteiger partial charge is 0.123 e. The summed E-state index contributed by atoms with van der Waals surface area (Å²) in [6.07, 6.45) is 0.563. The van der Waals surface area contributed by atoms with Gasteiger partial charge in [0.05, 0.1) is 25.9 Å². The molecule has 0 saturated carbocycles. The zero-order valence-corrected chi connectivity index (χ0v) is 11.9. The van der Waals surface area contributed by atoms with Crippen LogP contribution >= 0.6 is 0 Å². The van der Waals surface area contributed by atoms with Gasteiger partial charge in [0.15, 0.2) is 0 Å². The number of para-hydroxylation sites is 1. The van der Waals surface area contributed by atoms with Gasteiger partial charge >= 0.3 is 0 Å². The number of nitrogens with one attached hydrogen (secondary N) is 1. The molecule has 112 valence electrons. The maximum absolute atomic E-state index is 9.73. The fourth-order valence-corrected chi connectivity index (χ4v) is 2.20. The van der Waals surface area contributed by atoms with E-state index in [-0.39, 0.29) is 6.10 Å². The van der Waals surface area contributed by atoms with Crippen LogP contribution in [-0.4, -0.2) is 57.3 Å². The summed E-state index contributed by atoms with van der Waals surface area (Å²) in [6, 6.07) is 8.09. The highest BCUT2D eigenvalue weighted by Crippen LogP contribution is 2.27. The Balaban J connectivity index is 1.56. The van der Waals surface area contributed by atoms with E-state index < -0.39 is 6.10 Å². The predicted molar refractivity (Wildman–Crippen MR) is 76.1 cm³/mol. The maximum Gasteiger partial charge on any atom is 0.123 e. The van der Waals surface area contributed by atoms with Crippen LogP contribution < -0.4 is 10.1 Å².